The van der Waals surface area contributed by atoms with Gasteiger partial charge in [0.2, 0.25) is 0 Å². The van der Waals surface area contributed by atoms with Crippen molar-refractivity contribution in [3.63, 3.8) is 0 Å². The molecule has 0 amide bonds. The molecule has 1 aliphatic carbocycles. The zero-order valence-corrected chi connectivity index (χ0v) is 9.60. The summed E-state index contributed by atoms with van der Waals surface area (Å²) >= 11 is 0. The summed E-state index contributed by atoms with van der Waals surface area (Å²) in [4.78, 5) is 0. The fourth-order valence-corrected chi connectivity index (χ4v) is 2.32. The molecule has 3 heteroatoms. The third-order valence-corrected chi connectivity index (χ3v) is 3.66. The summed E-state index contributed by atoms with van der Waals surface area (Å²) in [6, 6.07) is 0.689. The summed E-state index contributed by atoms with van der Waals surface area (Å²) in [6.45, 7) is 3.33. The van der Waals surface area contributed by atoms with Crippen LogP contribution in [0, 0.1) is 0 Å². The van der Waals surface area contributed by atoms with Crippen LogP contribution in [0.2, 0.25) is 0 Å². The third kappa shape index (κ3) is 4.09. The molecule has 1 saturated carbocycles. The van der Waals surface area contributed by atoms with E-state index in [1.54, 1.807) is 0 Å². The number of aliphatic hydroxyl groups is 1. The van der Waals surface area contributed by atoms with Crippen molar-refractivity contribution >= 4 is 0 Å². The van der Waals surface area contributed by atoms with E-state index in [-0.39, 0.29) is 5.60 Å². The molecule has 0 radical (unpaired) electrons. The molecule has 1 heterocycles. The van der Waals surface area contributed by atoms with Gasteiger partial charge in [0.25, 0.3) is 0 Å². The summed E-state index contributed by atoms with van der Waals surface area (Å²) in [6.07, 6.45) is 8.11. The quantitative estimate of drug-likeness (QED) is 0.652. The van der Waals surface area contributed by atoms with E-state index in [1.807, 2.05) is 0 Å². The van der Waals surface area contributed by atoms with E-state index in [4.69, 9.17) is 0 Å². The molecule has 2 aliphatic rings. The highest BCUT2D eigenvalue weighted by molar-refractivity contribution is 4.93. The molecule has 88 valence electrons. The third-order valence-electron chi connectivity index (χ3n) is 3.66. The van der Waals surface area contributed by atoms with Crippen LogP contribution in [0.4, 0.5) is 0 Å². The Labute approximate surface area is 92.6 Å². The highest BCUT2D eigenvalue weighted by Crippen LogP contribution is 2.37. The van der Waals surface area contributed by atoms with E-state index in [2.05, 4.69) is 10.6 Å². The predicted octanol–water partition coefficient (Wildman–Crippen LogP) is 1.02. The van der Waals surface area contributed by atoms with Gasteiger partial charge in [0.1, 0.15) is 0 Å². The van der Waals surface area contributed by atoms with Crippen molar-refractivity contribution in [2.24, 2.45) is 0 Å². The van der Waals surface area contributed by atoms with Gasteiger partial charge in [-0.1, -0.05) is 0 Å². The average molecular weight is 212 g/mol. The lowest BCUT2D eigenvalue weighted by atomic mass is 10.0. The number of nitrogens with one attached hydrogen (secondary N) is 2. The van der Waals surface area contributed by atoms with Gasteiger partial charge in [0.15, 0.2) is 0 Å². The van der Waals surface area contributed by atoms with Crippen molar-refractivity contribution in [2.45, 2.75) is 56.6 Å². The molecule has 0 aromatic carbocycles. The minimum absolute atomic E-state index is 0.282. The SMILES string of the molecule is OC1(CCNC2CCCNCCC2)CC1. The maximum atomic E-state index is 9.71. The molecular weight excluding hydrogens is 188 g/mol. The van der Waals surface area contributed by atoms with E-state index in [0.29, 0.717) is 6.04 Å². The van der Waals surface area contributed by atoms with Crippen LogP contribution in [0.5, 0.6) is 0 Å². The first-order valence-electron chi connectivity index (χ1n) is 6.45. The first kappa shape index (κ1) is 11.4. The Balaban J connectivity index is 1.59. The van der Waals surface area contributed by atoms with Gasteiger partial charge >= 0.3 is 0 Å². The second kappa shape index (κ2) is 5.28. The Hall–Kier alpha value is -0.120. The lowest BCUT2D eigenvalue weighted by molar-refractivity contribution is 0.138. The van der Waals surface area contributed by atoms with Crippen molar-refractivity contribution in [1.82, 2.24) is 10.6 Å². The molecule has 1 aliphatic heterocycles. The van der Waals surface area contributed by atoms with E-state index in [9.17, 15) is 5.11 Å². The zero-order valence-electron chi connectivity index (χ0n) is 9.60. The number of hydrogen-bond acceptors (Lipinski definition) is 3. The number of rotatable bonds is 4. The van der Waals surface area contributed by atoms with Crippen LogP contribution in [0.1, 0.15) is 44.9 Å². The standard InChI is InChI=1S/C12H24N2O/c15-12(5-6-12)7-10-14-11-3-1-8-13-9-2-4-11/h11,13-15H,1-10H2. The average Bonchev–Trinajstić information content (AvgIpc) is 2.88. The molecule has 0 atom stereocenters. The molecule has 2 rings (SSSR count). The Morgan fingerprint density at radius 1 is 1.20 bits per heavy atom. The smallest absolute Gasteiger partial charge is 0.0662 e. The van der Waals surface area contributed by atoms with Gasteiger partial charge in [-0.05, 0) is 64.6 Å². The molecule has 2 fully saturated rings. The summed E-state index contributed by atoms with van der Waals surface area (Å²) in [5, 5.41) is 16.7. The summed E-state index contributed by atoms with van der Waals surface area (Å²) in [7, 11) is 0. The Kier molecular flexibility index (Phi) is 4.00. The van der Waals surface area contributed by atoms with Gasteiger partial charge in [-0.3, -0.25) is 0 Å². The lowest BCUT2D eigenvalue weighted by Crippen LogP contribution is -2.35. The minimum atomic E-state index is -0.282. The van der Waals surface area contributed by atoms with Crippen LogP contribution in [0.15, 0.2) is 0 Å². The summed E-state index contributed by atoms with van der Waals surface area (Å²) in [5.41, 5.74) is -0.282. The van der Waals surface area contributed by atoms with Crippen molar-refractivity contribution in [3.05, 3.63) is 0 Å². The Bertz CT molecular complexity index is 184. The summed E-state index contributed by atoms with van der Waals surface area (Å²) < 4.78 is 0. The molecule has 3 N–H and O–H groups in total. The molecule has 0 bridgehead atoms. The van der Waals surface area contributed by atoms with Gasteiger partial charge in [0.05, 0.1) is 5.60 Å². The topological polar surface area (TPSA) is 44.3 Å². The second-order valence-corrected chi connectivity index (χ2v) is 5.16. The second-order valence-electron chi connectivity index (χ2n) is 5.16. The van der Waals surface area contributed by atoms with Crippen molar-refractivity contribution in [1.29, 1.82) is 0 Å². The van der Waals surface area contributed by atoms with Crippen LogP contribution >= 0.6 is 0 Å². The highest BCUT2D eigenvalue weighted by Gasteiger charge is 2.39. The van der Waals surface area contributed by atoms with E-state index < -0.39 is 0 Å². The zero-order chi connectivity index (χ0) is 10.6. The molecular formula is C12H24N2O. The van der Waals surface area contributed by atoms with E-state index >= 15 is 0 Å². The molecule has 0 aromatic heterocycles. The van der Waals surface area contributed by atoms with Crippen LogP contribution in [0.25, 0.3) is 0 Å². The van der Waals surface area contributed by atoms with Crippen LogP contribution < -0.4 is 10.6 Å². The minimum Gasteiger partial charge on any atom is -0.390 e. The molecule has 1 saturated heterocycles. The molecule has 0 spiro atoms. The van der Waals surface area contributed by atoms with E-state index in [0.717, 1.165) is 25.8 Å². The fourth-order valence-electron chi connectivity index (χ4n) is 2.32. The van der Waals surface area contributed by atoms with Crippen molar-refractivity contribution in [2.75, 3.05) is 19.6 Å². The summed E-state index contributed by atoms with van der Waals surface area (Å²) in [5.74, 6) is 0. The molecule has 0 unspecified atom stereocenters. The van der Waals surface area contributed by atoms with E-state index in [1.165, 1.54) is 38.8 Å². The van der Waals surface area contributed by atoms with Crippen molar-refractivity contribution in [3.8, 4) is 0 Å². The van der Waals surface area contributed by atoms with Gasteiger partial charge in [-0.15, -0.1) is 0 Å². The van der Waals surface area contributed by atoms with Gasteiger partial charge in [-0.2, -0.15) is 0 Å². The fraction of sp³-hybridized carbons (Fsp3) is 1.00. The van der Waals surface area contributed by atoms with Gasteiger partial charge in [-0.25, -0.2) is 0 Å². The monoisotopic (exact) mass is 212 g/mol. The largest absolute Gasteiger partial charge is 0.390 e. The first-order chi connectivity index (χ1) is 7.29. The molecule has 0 aromatic rings. The highest BCUT2D eigenvalue weighted by atomic mass is 16.3. The number of hydrogen-bond donors (Lipinski definition) is 3. The van der Waals surface area contributed by atoms with Crippen LogP contribution in [-0.2, 0) is 0 Å². The molecule has 15 heavy (non-hydrogen) atoms. The Morgan fingerprint density at radius 2 is 1.87 bits per heavy atom. The lowest BCUT2D eigenvalue weighted by Gasteiger charge is -2.22. The normalized spacial score (nSPS) is 27.0. The first-order valence-corrected chi connectivity index (χ1v) is 6.45. The van der Waals surface area contributed by atoms with Crippen LogP contribution in [0.3, 0.4) is 0 Å². The van der Waals surface area contributed by atoms with Gasteiger partial charge in [0, 0.05) is 6.04 Å². The predicted molar refractivity (Wildman–Crippen MR) is 61.9 cm³/mol. The maximum absolute atomic E-state index is 9.71. The van der Waals surface area contributed by atoms with Crippen LogP contribution in [-0.4, -0.2) is 36.4 Å². The Morgan fingerprint density at radius 3 is 2.47 bits per heavy atom. The van der Waals surface area contributed by atoms with Crippen molar-refractivity contribution < 1.29 is 5.11 Å². The maximum Gasteiger partial charge on any atom is 0.0662 e. The van der Waals surface area contributed by atoms with Gasteiger partial charge < -0.3 is 15.7 Å². The molecule has 3 nitrogen and oxygen atoms in total.